The molecule has 98 valence electrons. The lowest BCUT2D eigenvalue weighted by Gasteiger charge is -2.12. The molecule has 1 atom stereocenters. The zero-order valence-electron chi connectivity index (χ0n) is 9.30. The maximum Gasteiger partial charge on any atom is 0.406 e. The molecule has 0 aliphatic heterocycles. The predicted octanol–water partition coefficient (Wildman–Crippen LogP) is 4.50. The largest absolute Gasteiger partial charge is 0.406 e. The van der Waals surface area contributed by atoms with Crippen molar-refractivity contribution in [1.82, 2.24) is 9.55 Å². The first kappa shape index (κ1) is 13.9. The fraction of sp³-hybridized carbons (Fsp3) is 0.364. The maximum absolute atomic E-state index is 12.6. The van der Waals surface area contributed by atoms with Gasteiger partial charge in [-0.05, 0) is 47.7 Å². The minimum Gasteiger partial charge on any atom is -0.318 e. The van der Waals surface area contributed by atoms with Crippen LogP contribution in [-0.4, -0.2) is 15.7 Å². The quantitative estimate of drug-likeness (QED) is 0.547. The smallest absolute Gasteiger partial charge is 0.318 e. The molecular weight excluding hydrogens is 379 g/mol. The Hall–Kier alpha value is -0.500. The standard InChI is InChI=1S/C11H9ClF3IN2/c1-6(12)10-17-8-4-7(16)2-3-9(8)18(10)5-11(13,14)15/h2-4,6H,5H2,1H3. The number of benzene rings is 1. The molecule has 0 saturated heterocycles. The fourth-order valence-electron chi connectivity index (χ4n) is 1.77. The van der Waals surface area contributed by atoms with Crippen molar-refractivity contribution in [2.75, 3.05) is 0 Å². The number of hydrogen-bond acceptors (Lipinski definition) is 1. The highest BCUT2D eigenvalue weighted by Crippen LogP contribution is 2.29. The summed E-state index contributed by atoms with van der Waals surface area (Å²) in [4.78, 5) is 4.18. The van der Waals surface area contributed by atoms with Crippen LogP contribution in [-0.2, 0) is 6.54 Å². The summed E-state index contributed by atoms with van der Waals surface area (Å²) in [6.07, 6.45) is -4.29. The van der Waals surface area contributed by atoms with Crippen molar-refractivity contribution >= 4 is 45.2 Å². The summed E-state index contributed by atoms with van der Waals surface area (Å²) in [5, 5.41) is -0.572. The Balaban J connectivity index is 2.63. The SMILES string of the molecule is CC(Cl)c1nc2cc(I)ccc2n1CC(F)(F)F. The van der Waals surface area contributed by atoms with Crippen molar-refractivity contribution in [3.05, 3.63) is 27.6 Å². The van der Waals surface area contributed by atoms with Gasteiger partial charge in [0.2, 0.25) is 0 Å². The van der Waals surface area contributed by atoms with Gasteiger partial charge in [-0.25, -0.2) is 4.98 Å². The zero-order chi connectivity index (χ0) is 13.5. The highest BCUT2D eigenvalue weighted by atomic mass is 127. The van der Waals surface area contributed by atoms with E-state index >= 15 is 0 Å². The van der Waals surface area contributed by atoms with E-state index in [4.69, 9.17) is 11.6 Å². The van der Waals surface area contributed by atoms with Crippen molar-refractivity contribution < 1.29 is 13.2 Å². The van der Waals surface area contributed by atoms with Crippen LogP contribution in [0.2, 0.25) is 0 Å². The molecule has 1 aromatic carbocycles. The molecule has 0 saturated carbocycles. The lowest BCUT2D eigenvalue weighted by molar-refractivity contribution is -0.140. The summed E-state index contributed by atoms with van der Waals surface area (Å²) in [7, 11) is 0. The average molecular weight is 389 g/mol. The van der Waals surface area contributed by atoms with Crippen molar-refractivity contribution in [2.45, 2.75) is 25.0 Å². The van der Waals surface area contributed by atoms with Crippen LogP contribution in [0.15, 0.2) is 18.2 Å². The molecule has 0 radical (unpaired) electrons. The number of hydrogen-bond donors (Lipinski definition) is 0. The summed E-state index contributed by atoms with van der Waals surface area (Å²) in [6, 6.07) is 5.13. The lowest BCUT2D eigenvalue weighted by atomic mass is 10.3. The van der Waals surface area contributed by atoms with E-state index < -0.39 is 18.1 Å². The number of alkyl halides is 4. The van der Waals surface area contributed by atoms with E-state index in [1.54, 1.807) is 25.1 Å². The van der Waals surface area contributed by atoms with E-state index in [2.05, 4.69) is 27.6 Å². The summed E-state index contributed by atoms with van der Waals surface area (Å²) < 4.78 is 39.8. The molecule has 1 unspecified atom stereocenters. The zero-order valence-corrected chi connectivity index (χ0v) is 12.2. The van der Waals surface area contributed by atoms with Gasteiger partial charge >= 0.3 is 6.18 Å². The van der Waals surface area contributed by atoms with Crippen LogP contribution in [0.25, 0.3) is 11.0 Å². The Labute approximate surface area is 120 Å². The van der Waals surface area contributed by atoms with Crippen molar-refractivity contribution in [2.24, 2.45) is 0 Å². The number of rotatable bonds is 2. The molecule has 2 rings (SSSR count). The Morgan fingerprint density at radius 2 is 2.11 bits per heavy atom. The molecule has 0 aliphatic carbocycles. The van der Waals surface area contributed by atoms with E-state index in [1.807, 2.05) is 0 Å². The lowest BCUT2D eigenvalue weighted by Crippen LogP contribution is -2.19. The maximum atomic E-state index is 12.6. The van der Waals surface area contributed by atoms with Crippen LogP contribution >= 0.6 is 34.2 Å². The minimum atomic E-state index is -4.29. The van der Waals surface area contributed by atoms with Gasteiger partial charge in [0, 0.05) is 3.57 Å². The van der Waals surface area contributed by atoms with Crippen molar-refractivity contribution in [1.29, 1.82) is 0 Å². The van der Waals surface area contributed by atoms with Gasteiger partial charge in [0.25, 0.3) is 0 Å². The second kappa shape index (κ2) is 4.88. The van der Waals surface area contributed by atoms with Gasteiger partial charge in [-0.3, -0.25) is 0 Å². The van der Waals surface area contributed by atoms with Gasteiger partial charge in [0.15, 0.2) is 0 Å². The van der Waals surface area contributed by atoms with Gasteiger partial charge < -0.3 is 4.57 Å². The van der Waals surface area contributed by atoms with Crippen molar-refractivity contribution in [3.63, 3.8) is 0 Å². The minimum absolute atomic E-state index is 0.242. The molecule has 0 amide bonds. The number of fused-ring (bicyclic) bond motifs is 1. The molecule has 0 spiro atoms. The van der Waals surface area contributed by atoms with Gasteiger partial charge in [-0.1, -0.05) is 0 Å². The van der Waals surface area contributed by atoms with Crippen LogP contribution in [0, 0.1) is 3.57 Å². The molecule has 0 N–H and O–H groups in total. The number of nitrogens with zero attached hydrogens (tertiary/aromatic N) is 2. The molecule has 1 aromatic heterocycles. The number of aromatic nitrogens is 2. The molecular formula is C11H9ClF3IN2. The molecule has 0 aliphatic rings. The fourth-order valence-corrected chi connectivity index (χ4v) is 2.41. The van der Waals surface area contributed by atoms with E-state index in [9.17, 15) is 13.2 Å². The van der Waals surface area contributed by atoms with Crippen LogP contribution in [0.4, 0.5) is 13.2 Å². The molecule has 0 bridgehead atoms. The molecule has 1 heterocycles. The van der Waals surface area contributed by atoms with E-state index in [0.29, 0.717) is 11.0 Å². The van der Waals surface area contributed by atoms with Crippen LogP contribution in [0.5, 0.6) is 0 Å². The molecule has 2 nitrogen and oxygen atoms in total. The molecule has 7 heteroatoms. The highest BCUT2D eigenvalue weighted by molar-refractivity contribution is 14.1. The Morgan fingerprint density at radius 3 is 2.67 bits per heavy atom. The topological polar surface area (TPSA) is 17.8 Å². The number of imidazole rings is 1. The second-order valence-electron chi connectivity index (χ2n) is 3.92. The van der Waals surface area contributed by atoms with Gasteiger partial charge in [0.1, 0.15) is 12.4 Å². The summed E-state index contributed by atoms with van der Waals surface area (Å²) >= 11 is 7.99. The predicted molar refractivity (Wildman–Crippen MR) is 72.8 cm³/mol. The normalized spacial score (nSPS) is 14.1. The average Bonchev–Trinajstić information content (AvgIpc) is 2.54. The Kier molecular flexibility index (Phi) is 3.77. The Morgan fingerprint density at radius 1 is 1.44 bits per heavy atom. The first-order chi connectivity index (χ1) is 8.28. The van der Waals surface area contributed by atoms with E-state index in [-0.39, 0.29) is 5.82 Å². The summed E-state index contributed by atoms with van der Waals surface area (Å²) in [5.74, 6) is 0.242. The van der Waals surface area contributed by atoms with Gasteiger partial charge in [0.05, 0.1) is 16.4 Å². The van der Waals surface area contributed by atoms with Crippen molar-refractivity contribution in [3.8, 4) is 0 Å². The van der Waals surface area contributed by atoms with Crippen LogP contribution in [0.1, 0.15) is 18.1 Å². The van der Waals surface area contributed by atoms with Gasteiger partial charge in [-0.2, -0.15) is 13.2 Å². The third-order valence-corrected chi connectivity index (χ3v) is 3.30. The monoisotopic (exact) mass is 388 g/mol. The first-order valence-corrected chi connectivity index (χ1v) is 6.66. The first-order valence-electron chi connectivity index (χ1n) is 5.14. The van der Waals surface area contributed by atoms with Crippen LogP contribution in [0.3, 0.4) is 0 Å². The summed E-state index contributed by atoms with van der Waals surface area (Å²) in [5.41, 5.74) is 0.990. The van der Waals surface area contributed by atoms with E-state index in [1.165, 1.54) is 0 Å². The highest BCUT2D eigenvalue weighted by Gasteiger charge is 2.31. The number of halogens is 5. The Bertz CT molecular complexity index is 577. The van der Waals surface area contributed by atoms with Crippen LogP contribution < -0.4 is 0 Å². The van der Waals surface area contributed by atoms with Gasteiger partial charge in [-0.15, -0.1) is 11.6 Å². The summed E-state index contributed by atoms with van der Waals surface area (Å²) in [6.45, 7) is 0.539. The third kappa shape index (κ3) is 2.90. The molecule has 0 fully saturated rings. The molecule has 18 heavy (non-hydrogen) atoms. The second-order valence-corrected chi connectivity index (χ2v) is 5.82. The molecule has 2 aromatic rings. The van der Waals surface area contributed by atoms with E-state index in [0.717, 1.165) is 8.14 Å². The third-order valence-electron chi connectivity index (χ3n) is 2.43.